The third-order valence-electron chi connectivity index (χ3n) is 4.22. The average molecular weight is 329 g/mol. The number of aromatic amines is 2. The largest absolute Gasteiger partial charge is 0.359 e. The molecule has 0 spiro atoms. The van der Waals surface area contributed by atoms with Crippen LogP contribution in [0.3, 0.4) is 0 Å². The molecule has 3 rings (SSSR count). The van der Waals surface area contributed by atoms with Crippen LogP contribution in [-0.4, -0.2) is 51.5 Å². The molecule has 1 aliphatic heterocycles. The van der Waals surface area contributed by atoms with Crippen LogP contribution in [0.5, 0.6) is 0 Å². The van der Waals surface area contributed by atoms with Crippen molar-refractivity contribution in [3.05, 3.63) is 40.3 Å². The number of carbonyl (C=O) groups is 2. The Kier molecular flexibility index (Phi) is 4.45. The van der Waals surface area contributed by atoms with E-state index in [2.05, 4.69) is 20.5 Å². The molecule has 1 saturated heterocycles. The van der Waals surface area contributed by atoms with Gasteiger partial charge in [-0.1, -0.05) is 12.1 Å². The molecule has 1 aliphatic rings. The van der Waals surface area contributed by atoms with E-state index in [9.17, 15) is 14.4 Å². The summed E-state index contributed by atoms with van der Waals surface area (Å²) in [4.78, 5) is 39.9. The van der Waals surface area contributed by atoms with Crippen LogP contribution in [0.2, 0.25) is 0 Å². The molecule has 8 heteroatoms. The number of carbonyl (C=O) groups excluding carboxylic acids is 2. The lowest BCUT2D eigenvalue weighted by molar-refractivity contribution is -0.121. The molecule has 1 atom stereocenters. The third kappa shape index (κ3) is 3.22. The van der Waals surface area contributed by atoms with Gasteiger partial charge >= 0.3 is 5.69 Å². The number of hydrogen-bond acceptors (Lipinski definition) is 4. The summed E-state index contributed by atoms with van der Waals surface area (Å²) in [5.74, 6) is 0.210. The van der Waals surface area contributed by atoms with Crippen LogP contribution < -0.4 is 11.0 Å². The van der Waals surface area contributed by atoms with Crippen molar-refractivity contribution in [2.75, 3.05) is 13.6 Å². The zero-order valence-corrected chi connectivity index (χ0v) is 13.3. The second kappa shape index (κ2) is 6.69. The van der Waals surface area contributed by atoms with Crippen molar-refractivity contribution >= 4 is 11.8 Å². The first-order valence-corrected chi connectivity index (χ1v) is 7.85. The second-order valence-corrected chi connectivity index (χ2v) is 5.78. The molecule has 0 radical (unpaired) electrons. The Morgan fingerprint density at radius 3 is 2.96 bits per heavy atom. The van der Waals surface area contributed by atoms with E-state index in [-0.39, 0.29) is 17.9 Å². The highest BCUT2D eigenvalue weighted by Crippen LogP contribution is 2.24. The summed E-state index contributed by atoms with van der Waals surface area (Å²) >= 11 is 0. The topological polar surface area (TPSA) is 111 Å². The summed E-state index contributed by atoms with van der Waals surface area (Å²) in [6, 6.07) is 6.87. The fraction of sp³-hybridized carbons (Fsp3) is 0.375. The molecule has 2 heterocycles. The molecule has 2 amide bonds. The molecule has 1 aromatic heterocycles. The van der Waals surface area contributed by atoms with Gasteiger partial charge in [-0.05, 0) is 25.0 Å². The van der Waals surface area contributed by atoms with Crippen LogP contribution >= 0.6 is 0 Å². The van der Waals surface area contributed by atoms with Crippen LogP contribution in [0.25, 0.3) is 11.4 Å². The highest BCUT2D eigenvalue weighted by atomic mass is 16.2. The molecule has 3 N–H and O–H groups in total. The van der Waals surface area contributed by atoms with Crippen molar-refractivity contribution in [2.24, 2.45) is 0 Å². The Balaban J connectivity index is 1.82. The molecule has 8 nitrogen and oxygen atoms in total. The van der Waals surface area contributed by atoms with Crippen LogP contribution in [0.15, 0.2) is 29.1 Å². The van der Waals surface area contributed by atoms with Gasteiger partial charge in [-0.15, -0.1) is 0 Å². The van der Waals surface area contributed by atoms with E-state index < -0.39 is 5.69 Å². The van der Waals surface area contributed by atoms with E-state index >= 15 is 0 Å². The van der Waals surface area contributed by atoms with Crippen molar-refractivity contribution in [2.45, 2.75) is 25.3 Å². The molecule has 1 fully saturated rings. The van der Waals surface area contributed by atoms with Gasteiger partial charge in [-0.3, -0.25) is 14.6 Å². The quantitative estimate of drug-likeness (QED) is 0.758. The van der Waals surface area contributed by atoms with Gasteiger partial charge in [0.25, 0.3) is 5.91 Å². The summed E-state index contributed by atoms with van der Waals surface area (Å²) in [6.45, 7) is 0.643. The van der Waals surface area contributed by atoms with Crippen molar-refractivity contribution < 1.29 is 9.59 Å². The van der Waals surface area contributed by atoms with Gasteiger partial charge in [-0.2, -0.15) is 5.10 Å². The van der Waals surface area contributed by atoms with Crippen molar-refractivity contribution in [1.29, 1.82) is 0 Å². The predicted molar refractivity (Wildman–Crippen MR) is 87.4 cm³/mol. The number of hydrogen-bond donors (Lipinski definition) is 3. The van der Waals surface area contributed by atoms with Gasteiger partial charge in [0.05, 0.1) is 0 Å². The minimum absolute atomic E-state index is 0.0671. The Hall–Kier alpha value is -2.90. The van der Waals surface area contributed by atoms with E-state index in [4.69, 9.17) is 0 Å². The van der Waals surface area contributed by atoms with Crippen LogP contribution in [-0.2, 0) is 4.79 Å². The lowest BCUT2D eigenvalue weighted by atomic mass is 10.1. The maximum absolute atomic E-state index is 12.8. The minimum Gasteiger partial charge on any atom is -0.359 e. The molecule has 126 valence electrons. The monoisotopic (exact) mass is 329 g/mol. The number of nitrogens with one attached hydrogen (secondary N) is 3. The Morgan fingerprint density at radius 2 is 2.25 bits per heavy atom. The summed E-state index contributed by atoms with van der Waals surface area (Å²) < 4.78 is 0. The maximum atomic E-state index is 12.8. The normalized spacial score (nSPS) is 17.0. The average Bonchev–Trinajstić information content (AvgIpc) is 3.23. The first-order valence-electron chi connectivity index (χ1n) is 7.85. The highest BCUT2D eigenvalue weighted by Gasteiger charge is 2.30. The molecule has 0 unspecified atom stereocenters. The zero-order chi connectivity index (χ0) is 17.1. The molecule has 24 heavy (non-hydrogen) atoms. The minimum atomic E-state index is -0.396. The predicted octanol–water partition coefficient (Wildman–Crippen LogP) is 0.506. The summed E-state index contributed by atoms with van der Waals surface area (Å²) in [7, 11) is 1.59. The van der Waals surface area contributed by atoms with Gasteiger partial charge in [-0.25, -0.2) is 9.89 Å². The first kappa shape index (κ1) is 16.0. The second-order valence-electron chi connectivity index (χ2n) is 5.78. The molecule has 0 aliphatic carbocycles. The van der Waals surface area contributed by atoms with Gasteiger partial charge < -0.3 is 10.2 Å². The molecule has 0 saturated carbocycles. The van der Waals surface area contributed by atoms with Gasteiger partial charge in [0, 0.05) is 37.2 Å². The number of benzene rings is 1. The van der Waals surface area contributed by atoms with E-state index in [1.165, 1.54) is 0 Å². The molecular formula is C16H19N5O3. The zero-order valence-electron chi connectivity index (χ0n) is 13.3. The molecule has 0 bridgehead atoms. The van der Waals surface area contributed by atoms with E-state index in [1.807, 2.05) is 0 Å². The Morgan fingerprint density at radius 1 is 1.42 bits per heavy atom. The number of aromatic nitrogens is 3. The first-order chi connectivity index (χ1) is 11.6. The summed E-state index contributed by atoms with van der Waals surface area (Å²) in [5.41, 5.74) is 0.772. The van der Waals surface area contributed by atoms with Gasteiger partial charge in [0.15, 0.2) is 5.82 Å². The number of nitrogens with zero attached hydrogens (tertiary/aromatic N) is 2. The maximum Gasteiger partial charge on any atom is 0.340 e. The SMILES string of the molecule is CNC(=O)C[C@H]1CCCN1C(=O)c1cccc(-c2n[nH]c(=O)[nH]2)c1. The third-order valence-corrected chi connectivity index (χ3v) is 4.22. The van der Waals surface area contributed by atoms with Crippen molar-refractivity contribution in [3.63, 3.8) is 0 Å². The standard InChI is InChI=1S/C16H19N5O3/c1-17-13(22)9-12-6-3-7-21(12)15(23)11-5-2-4-10(8-11)14-18-16(24)20-19-14/h2,4-5,8,12H,3,6-7,9H2,1H3,(H,17,22)(H2,18,19,20,24)/t12-/m1/s1. The van der Waals surface area contributed by atoms with E-state index in [0.717, 1.165) is 12.8 Å². The van der Waals surface area contributed by atoms with Gasteiger partial charge in [0.1, 0.15) is 0 Å². The summed E-state index contributed by atoms with van der Waals surface area (Å²) in [5, 5.41) is 8.79. The van der Waals surface area contributed by atoms with Crippen LogP contribution in [0, 0.1) is 0 Å². The lowest BCUT2D eigenvalue weighted by Crippen LogP contribution is -2.38. The van der Waals surface area contributed by atoms with Crippen LogP contribution in [0.4, 0.5) is 0 Å². The van der Waals surface area contributed by atoms with Crippen LogP contribution in [0.1, 0.15) is 29.6 Å². The van der Waals surface area contributed by atoms with Gasteiger partial charge in [0.2, 0.25) is 5.91 Å². The van der Waals surface area contributed by atoms with E-state index in [0.29, 0.717) is 29.9 Å². The fourth-order valence-corrected chi connectivity index (χ4v) is 3.00. The van der Waals surface area contributed by atoms with Crippen molar-refractivity contribution in [3.8, 4) is 11.4 Å². The molecule has 2 aromatic rings. The molecule has 1 aromatic carbocycles. The fourth-order valence-electron chi connectivity index (χ4n) is 3.00. The molecular weight excluding hydrogens is 310 g/mol. The lowest BCUT2D eigenvalue weighted by Gasteiger charge is -2.24. The number of likely N-dealkylation sites (tertiary alicyclic amines) is 1. The number of H-pyrrole nitrogens is 2. The number of amides is 2. The van der Waals surface area contributed by atoms with Crippen molar-refractivity contribution in [1.82, 2.24) is 25.4 Å². The Bertz CT molecular complexity index is 810. The Labute approximate surface area is 138 Å². The highest BCUT2D eigenvalue weighted by molar-refractivity contribution is 5.96. The summed E-state index contributed by atoms with van der Waals surface area (Å²) in [6.07, 6.45) is 2.03. The number of rotatable bonds is 4. The van der Waals surface area contributed by atoms with E-state index in [1.54, 1.807) is 36.2 Å². The smallest absolute Gasteiger partial charge is 0.340 e.